The molecule has 2 atom stereocenters. The van der Waals surface area contributed by atoms with E-state index in [2.05, 4.69) is 10.6 Å². The zero-order valence-corrected chi connectivity index (χ0v) is 11.3. The fourth-order valence-corrected chi connectivity index (χ4v) is 2.88. The van der Waals surface area contributed by atoms with Crippen LogP contribution in [0.1, 0.15) is 37.3 Å². The molecule has 20 heavy (non-hydrogen) atoms. The fourth-order valence-electron chi connectivity index (χ4n) is 2.88. The summed E-state index contributed by atoms with van der Waals surface area (Å²) in [5.74, 6) is 0.269. The van der Waals surface area contributed by atoms with Gasteiger partial charge in [0.25, 0.3) is 0 Å². The van der Waals surface area contributed by atoms with Gasteiger partial charge in [0, 0.05) is 11.6 Å². The van der Waals surface area contributed by atoms with Gasteiger partial charge < -0.3 is 15.4 Å². The highest BCUT2D eigenvalue weighted by Crippen LogP contribution is 2.32. The van der Waals surface area contributed by atoms with Crippen LogP contribution in [0.25, 0.3) is 0 Å². The van der Waals surface area contributed by atoms with Crippen LogP contribution in [-0.4, -0.2) is 25.1 Å². The van der Waals surface area contributed by atoms with Crippen molar-refractivity contribution < 1.29 is 13.9 Å². The molecular weight excluding hydrogens is 259 g/mol. The van der Waals surface area contributed by atoms with E-state index in [1.54, 1.807) is 6.07 Å². The van der Waals surface area contributed by atoms with Crippen LogP contribution in [0.2, 0.25) is 0 Å². The minimum atomic E-state index is -0.312. The van der Waals surface area contributed by atoms with Crippen molar-refractivity contribution >= 4 is 5.91 Å². The maximum Gasteiger partial charge on any atom is 0.237 e. The maximum atomic E-state index is 13.3. The summed E-state index contributed by atoms with van der Waals surface area (Å²) < 4.78 is 18.8. The number of hydrogen-bond donors (Lipinski definition) is 2. The Balaban J connectivity index is 1.77. The van der Waals surface area contributed by atoms with E-state index < -0.39 is 0 Å². The van der Waals surface area contributed by atoms with Crippen molar-refractivity contribution in [1.82, 2.24) is 10.6 Å². The lowest BCUT2D eigenvalue weighted by Crippen LogP contribution is -2.42. The number of ether oxygens (including phenoxy) is 1. The van der Waals surface area contributed by atoms with Crippen LogP contribution in [0.15, 0.2) is 18.2 Å². The first kappa shape index (κ1) is 13.4. The lowest BCUT2D eigenvalue weighted by Gasteiger charge is -2.20. The van der Waals surface area contributed by atoms with Gasteiger partial charge in [-0.05, 0) is 38.3 Å². The summed E-state index contributed by atoms with van der Waals surface area (Å²) in [7, 11) is 0. The Bertz CT molecular complexity index is 501. The van der Waals surface area contributed by atoms with Gasteiger partial charge in [0.15, 0.2) is 0 Å². The topological polar surface area (TPSA) is 50.4 Å². The van der Waals surface area contributed by atoms with Crippen molar-refractivity contribution in [2.75, 3.05) is 13.2 Å². The summed E-state index contributed by atoms with van der Waals surface area (Å²) in [6, 6.07) is 4.34. The van der Waals surface area contributed by atoms with E-state index in [0.717, 1.165) is 37.8 Å². The van der Waals surface area contributed by atoms with E-state index in [1.807, 2.05) is 0 Å². The SMILES string of the molecule is O=C(NC1CCCOc2cc(F)ccc21)C1CCCN1. The van der Waals surface area contributed by atoms with Gasteiger partial charge in [-0.2, -0.15) is 0 Å². The molecule has 0 aliphatic carbocycles. The lowest BCUT2D eigenvalue weighted by atomic mass is 10.0. The second-order valence-electron chi connectivity index (χ2n) is 5.38. The molecule has 5 heteroatoms. The van der Waals surface area contributed by atoms with Crippen LogP contribution in [0.3, 0.4) is 0 Å². The predicted octanol–water partition coefficient (Wildman–Crippen LogP) is 1.91. The van der Waals surface area contributed by atoms with Gasteiger partial charge in [-0.1, -0.05) is 6.07 Å². The Kier molecular flexibility index (Phi) is 3.87. The average molecular weight is 278 g/mol. The zero-order chi connectivity index (χ0) is 13.9. The molecule has 0 aromatic heterocycles. The van der Waals surface area contributed by atoms with Crippen LogP contribution in [-0.2, 0) is 4.79 Å². The number of nitrogens with one attached hydrogen (secondary N) is 2. The number of carbonyl (C=O) groups is 1. The molecule has 2 aliphatic heterocycles. The van der Waals surface area contributed by atoms with Crippen molar-refractivity contribution in [3.8, 4) is 5.75 Å². The van der Waals surface area contributed by atoms with Gasteiger partial charge in [0.2, 0.25) is 5.91 Å². The summed E-state index contributed by atoms with van der Waals surface area (Å²) in [4.78, 5) is 12.2. The van der Waals surface area contributed by atoms with Crippen molar-refractivity contribution in [2.24, 2.45) is 0 Å². The highest BCUT2D eigenvalue weighted by atomic mass is 19.1. The minimum Gasteiger partial charge on any atom is -0.493 e. The highest BCUT2D eigenvalue weighted by Gasteiger charge is 2.27. The van der Waals surface area contributed by atoms with Crippen LogP contribution >= 0.6 is 0 Å². The van der Waals surface area contributed by atoms with E-state index >= 15 is 0 Å². The van der Waals surface area contributed by atoms with Gasteiger partial charge in [-0.3, -0.25) is 4.79 Å². The third kappa shape index (κ3) is 2.77. The summed E-state index contributed by atoms with van der Waals surface area (Å²) >= 11 is 0. The van der Waals surface area contributed by atoms with Gasteiger partial charge in [-0.15, -0.1) is 0 Å². The first-order valence-electron chi connectivity index (χ1n) is 7.20. The molecule has 1 aromatic rings. The summed E-state index contributed by atoms with van der Waals surface area (Å²) in [6.07, 6.45) is 3.58. The second kappa shape index (κ2) is 5.79. The highest BCUT2D eigenvalue weighted by molar-refractivity contribution is 5.82. The van der Waals surface area contributed by atoms with Gasteiger partial charge in [0.05, 0.1) is 18.7 Å². The molecule has 2 heterocycles. The molecule has 0 radical (unpaired) electrons. The Morgan fingerprint density at radius 1 is 1.35 bits per heavy atom. The third-order valence-corrected chi connectivity index (χ3v) is 3.94. The van der Waals surface area contributed by atoms with Crippen molar-refractivity contribution in [1.29, 1.82) is 0 Å². The second-order valence-corrected chi connectivity index (χ2v) is 5.38. The summed E-state index contributed by atoms with van der Waals surface area (Å²) in [6.45, 7) is 1.46. The van der Waals surface area contributed by atoms with Crippen molar-refractivity contribution in [2.45, 2.75) is 37.8 Å². The molecular formula is C15H19FN2O2. The summed E-state index contributed by atoms with van der Waals surface area (Å²) in [5.41, 5.74) is 0.871. The molecule has 2 unspecified atom stereocenters. The number of fused-ring (bicyclic) bond motifs is 1. The number of amides is 1. The van der Waals surface area contributed by atoms with Crippen LogP contribution in [0.5, 0.6) is 5.75 Å². The molecule has 0 spiro atoms. The molecule has 2 N–H and O–H groups in total. The van der Waals surface area contributed by atoms with E-state index in [1.165, 1.54) is 12.1 Å². The van der Waals surface area contributed by atoms with Crippen LogP contribution in [0, 0.1) is 5.82 Å². The first-order valence-corrected chi connectivity index (χ1v) is 7.20. The number of rotatable bonds is 2. The zero-order valence-electron chi connectivity index (χ0n) is 11.3. The van der Waals surface area contributed by atoms with E-state index in [4.69, 9.17) is 4.74 Å². The molecule has 108 valence electrons. The van der Waals surface area contributed by atoms with Gasteiger partial charge in [-0.25, -0.2) is 4.39 Å². The Morgan fingerprint density at radius 3 is 3.05 bits per heavy atom. The maximum absolute atomic E-state index is 13.3. The fraction of sp³-hybridized carbons (Fsp3) is 0.533. The molecule has 3 rings (SSSR count). The molecule has 1 amide bonds. The first-order chi connectivity index (χ1) is 9.74. The third-order valence-electron chi connectivity index (χ3n) is 3.94. The number of benzene rings is 1. The minimum absolute atomic E-state index is 0.0321. The van der Waals surface area contributed by atoms with E-state index in [9.17, 15) is 9.18 Å². The molecule has 1 aromatic carbocycles. The van der Waals surface area contributed by atoms with Crippen LogP contribution in [0.4, 0.5) is 4.39 Å². The molecule has 0 bridgehead atoms. The van der Waals surface area contributed by atoms with Crippen molar-refractivity contribution in [3.63, 3.8) is 0 Å². The Hall–Kier alpha value is -1.62. The van der Waals surface area contributed by atoms with Gasteiger partial charge >= 0.3 is 0 Å². The van der Waals surface area contributed by atoms with E-state index in [0.29, 0.717) is 12.4 Å². The largest absolute Gasteiger partial charge is 0.493 e. The number of carbonyl (C=O) groups excluding carboxylic acids is 1. The molecule has 2 aliphatic rings. The summed E-state index contributed by atoms with van der Waals surface area (Å²) in [5, 5.41) is 6.26. The van der Waals surface area contributed by atoms with Gasteiger partial charge in [0.1, 0.15) is 11.6 Å². The molecule has 4 nitrogen and oxygen atoms in total. The standard InChI is InChI=1S/C15H19FN2O2/c16-10-5-6-11-12(4-2-8-20-14(11)9-10)18-15(19)13-3-1-7-17-13/h5-6,9,12-13,17H,1-4,7-8H2,(H,18,19). The Morgan fingerprint density at radius 2 is 2.25 bits per heavy atom. The molecule has 1 saturated heterocycles. The quantitative estimate of drug-likeness (QED) is 0.869. The normalized spacial score (nSPS) is 25.4. The van der Waals surface area contributed by atoms with Crippen LogP contribution < -0.4 is 15.4 Å². The average Bonchev–Trinajstić information content (AvgIpc) is 2.90. The van der Waals surface area contributed by atoms with Crippen molar-refractivity contribution in [3.05, 3.63) is 29.6 Å². The number of hydrogen-bond acceptors (Lipinski definition) is 3. The molecule has 1 fully saturated rings. The Labute approximate surface area is 117 Å². The molecule has 0 saturated carbocycles. The lowest BCUT2D eigenvalue weighted by molar-refractivity contribution is -0.123. The number of halogens is 1. The van der Waals surface area contributed by atoms with E-state index in [-0.39, 0.29) is 23.8 Å². The monoisotopic (exact) mass is 278 g/mol. The smallest absolute Gasteiger partial charge is 0.237 e. The predicted molar refractivity (Wildman–Crippen MR) is 73.0 cm³/mol.